The number of tetrazole rings is 1. The topological polar surface area (TPSA) is 130 Å². The van der Waals surface area contributed by atoms with Crippen molar-refractivity contribution in [1.29, 1.82) is 0 Å². The van der Waals surface area contributed by atoms with E-state index in [2.05, 4.69) is 25.3 Å². The van der Waals surface area contributed by atoms with Crippen molar-refractivity contribution in [1.82, 2.24) is 29.7 Å². The van der Waals surface area contributed by atoms with Gasteiger partial charge in [0.25, 0.3) is 10.2 Å². The quantitative estimate of drug-likeness (QED) is 0.503. The number of nitrogens with zero attached hydrogens (tertiary/aromatic N) is 4. The summed E-state index contributed by atoms with van der Waals surface area (Å²) in [5.74, 6) is 0.288. The Morgan fingerprint density at radius 2 is 2.31 bits per heavy atom. The van der Waals surface area contributed by atoms with Crippen molar-refractivity contribution in [2.75, 3.05) is 20.1 Å². The normalized spacial score (nSPS) is 12.2. The van der Waals surface area contributed by atoms with Gasteiger partial charge in [-0.2, -0.15) is 22.7 Å². The van der Waals surface area contributed by atoms with Crippen molar-refractivity contribution < 1.29 is 8.42 Å². The highest BCUT2D eigenvalue weighted by molar-refractivity contribution is 7.87. The Bertz CT molecular complexity index is 389. The van der Waals surface area contributed by atoms with E-state index in [1.807, 2.05) is 0 Å². The van der Waals surface area contributed by atoms with Crippen molar-refractivity contribution in [2.45, 2.75) is 13.0 Å². The summed E-state index contributed by atoms with van der Waals surface area (Å²) in [6, 6.07) is 0. The van der Waals surface area contributed by atoms with Crippen molar-refractivity contribution in [3.63, 3.8) is 0 Å². The summed E-state index contributed by atoms with van der Waals surface area (Å²) in [6.07, 6.45) is 0.611. The van der Waals surface area contributed by atoms with E-state index in [1.165, 1.54) is 11.4 Å². The molecule has 0 aliphatic rings. The summed E-state index contributed by atoms with van der Waals surface area (Å²) in [5.41, 5.74) is 5.30. The molecule has 4 N–H and O–H groups in total. The molecule has 0 saturated carbocycles. The lowest BCUT2D eigenvalue weighted by molar-refractivity contribution is 0.452. The van der Waals surface area contributed by atoms with Crippen LogP contribution in [0.3, 0.4) is 0 Å². The van der Waals surface area contributed by atoms with E-state index in [9.17, 15) is 8.42 Å². The predicted molar refractivity (Wildman–Crippen MR) is 56.2 cm³/mol. The lowest BCUT2D eigenvalue weighted by Crippen LogP contribution is -2.39. The zero-order valence-corrected chi connectivity index (χ0v) is 9.74. The van der Waals surface area contributed by atoms with Gasteiger partial charge < -0.3 is 5.73 Å². The first-order valence-corrected chi connectivity index (χ1v) is 6.13. The summed E-state index contributed by atoms with van der Waals surface area (Å²) in [6.45, 7) is 0.828. The molecule has 0 unspecified atom stereocenters. The average Bonchev–Trinajstić information content (AvgIpc) is 2.76. The van der Waals surface area contributed by atoms with Gasteiger partial charge >= 0.3 is 0 Å². The highest BCUT2D eigenvalue weighted by Gasteiger charge is 2.16. The maximum atomic E-state index is 11.6. The number of aromatic amines is 1. The summed E-state index contributed by atoms with van der Waals surface area (Å²) in [5, 5.41) is 12.8. The lowest BCUT2D eigenvalue weighted by Gasteiger charge is -2.16. The molecule has 16 heavy (non-hydrogen) atoms. The summed E-state index contributed by atoms with van der Waals surface area (Å²) in [4.78, 5) is 0. The van der Waals surface area contributed by atoms with E-state index in [0.717, 1.165) is 0 Å². The van der Waals surface area contributed by atoms with Gasteiger partial charge in [-0.05, 0) is 13.0 Å². The maximum absolute atomic E-state index is 11.6. The third kappa shape index (κ3) is 3.81. The van der Waals surface area contributed by atoms with Crippen LogP contribution in [-0.4, -0.2) is 53.5 Å². The molecule has 10 heteroatoms. The molecule has 0 saturated heterocycles. The first-order valence-electron chi connectivity index (χ1n) is 4.69. The number of rotatable bonds is 7. The zero-order valence-electron chi connectivity index (χ0n) is 8.92. The van der Waals surface area contributed by atoms with Crippen LogP contribution >= 0.6 is 0 Å². The van der Waals surface area contributed by atoms with Gasteiger partial charge in [0, 0.05) is 13.6 Å². The lowest BCUT2D eigenvalue weighted by atomic mass is 10.4. The smallest absolute Gasteiger partial charge is 0.279 e. The number of H-pyrrole nitrogens is 1. The fourth-order valence-electron chi connectivity index (χ4n) is 0.957. The van der Waals surface area contributed by atoms with E-state index in [0.29, 0.717) is 19.5 Å². The van der Waals surface area contributed by atoms with Crippen LogP contribution in [0.5, 0.6) is 0 Å². The Morgan fingerprint density at radius 1 is 1.56 bits per heavy atom. The molecule has 92 valence electrons. The van der Waals surface area contributed by atoms with Crippen LogP contribution < -0.4 is 10.5 Å². The molecule has 0 atom stereocenters. The fourth-order valence-corrected chi connectivity index (χ4v) is 1.86. The Balaban J connectivity index is 2.45. The van der Waals surface area contributed by atoms with E-state index in [1.54, 1.807) is 0 Å². The molecular weight excluding hydrogens is 234 g/mol. The van der Waals surface area contributed by atoms with Gasteiger partial charge in [-0.15, -0.1) is 10.2 Å². The van der Waals surface area contributed by atoms with E-state index in [-0.39, 0.29) is 12.4 Å². The molecule has 1 aromatic rings. The second-order valence-corrected chi connectivity index (χ2v) is 4.98. The summed E-state index contributed by atoms with van der Waals surface area (Å²) in [7, 11) is -2.02. The molecule has 0 radical (unpaired) electrons. The Morgan fingerprint density at radius 3 is 2.88 bits per heavy atom. The van der Waals surface area contributed by atoms with Gasteiger partial charge in [-0.25, -0.2) is 0 Å². The van der Waals surface area contributed by atoms with Gasteiger partial charge in [-0.3, -0.25) is 0 Å². The van der Waals surface area contributed by atoms with Crippen molar-refractivity contribution in [3.05, 3.63) is 5.82 Å². The van der Waals surface area contributed by atoms with Crippen molar-refractivity contribution in [3.8, 4) is 0 Å². The highest BCUT2D eigenvalue weighted by atomic mass is 32.2. The number of hydrogen-bond donors (Lipinski definition) is 3. The molecule has 0 aliphatic heterocycles. The minimum Gasteiger partial charge on any atom is -0.330 e. The molecule has 0 spiro atoms. The molecule has 0 fully saturated rings. The monoisotopic (exact) mass is 249 g/mol. The average molecular weight is 249 g/mol. The van der Waals surface area contributed by atoms with Crippen LogP contribution in [0.2, 0.25) is 0 Å². The van der Waals surface area contributed by atoms with Gasteiger partial charge in [-0.1, -0.05) is 5.21 Å². The Kier molecular flexibility index (Phi) is 4.73. The van der Waals surface area contributed by atoms with Crippen molar-refractivity contribution in [2.24, 2.45) is 5.73 Å². The third-order valence-electron chi connectivity index (χ3n) is 1.89. The van der Waals surface area contributed by atoms with Crippen LogP contribution in [0.25, 0.3) is 0 Å². The summed E-state index contributed by atoms with van der Waals surface area (Å²) < 4.78 is 26.8. The Labute approximate surface area is 93.6 Å². The van der Waals surface area contributed by atoms with Gasteiger partial charge in [0.15, 0.2) is 5.82 Å². The molecule has 1 rings (SSSR count). The number of aromatic nitrogens is 4. The number of nitrogens with one attached hydrogen (secondary N) is 2. The number of nitrogens with two attached hydrogens (primary N) is 1. The molecule has 9 nitrogen and oxygen atoms in total. The van der Waals surface area contributed by atoms with Gasteiger partial charge in [0.05, 0.1) is 6.54 Å². The van der Waals surface area contributed by atoms with Gasteiger partial charge in [0.2, 0.25) is 0 Å². The highest BCUT2D eigenvalue weighted by Crippen LogP contribution is 1.96. The first-order chi connectivity index (χ1) is 7.56. The summed E-state index contributed by atoms with van der Waals surface area (Å²) >= 11 is 0. The Hall–Kier alpha value is -1.10. The second-order valence-electron chi connectivity index (χ2n) is 3.12. The van der Waals surface area contributed by atoms with E-state index >= 15 is 0 Å². The molecule has 1 heterocycles. The predicted octanol–water partition coefficient (Wildman–Crippen LogP) is -2.19. The molecule has 0 aromatic carbocycles. The maximum Gasteiger partial charge on any atom is 0.279 e. The third-order valence-corrected chi connectivity index (χ3v) is 3.40. The van der Waals surface area contributed by atoms with Crippen LogP contribution in [0, 0.1) is 0 Å². The van der Waals surface area contributed by atoms with E-state index in [4.69, 9.17) is 5.73 Å². The molecular formula is C6H15N7O2S. The SMILES string of the molecule is CN(CCCN)S(=O)(=O)NCc1nn[nH]n1. The minimum atomic E-state index is -3.50. The molecule has 0 bridgehead atoms. The van der Waals surface area contributed by atoms with Gasteiger partial charge in [0.1, 0.15) is 0 Å². The molecule has 0 aliphatic carbocycles. The minimum absolute atomic E-state index is 0.00575. The van der Waals surface area contributed by atoms with E-state index < -0.39 is 10.2 Å². The second kappa shape index (κ2) is 5.84. The van der Waals surface area contributed by atoms with Crippen molar-refractivity contribution >= 4 is 10.2 Å². The van der Waals surface area contributed by atoms with Crippen LogP contribution in [-0.2, 0) is 16.8 Å². The zero-order chi connectivity index (χ0) is 12.0. The van der Waals surface area contributed by atoms with Crippen LogP contribution in [0.4, 0.5) is 0 Å². The molecule has 1 aromatic heterocycles. The molecule has 0 amide bonds. The van der Waals surface area contributed by atoms with Crippen LogP contribution in [0.15, 0.2) is 0 Å². The number of hydrogen-bond acceptors (Lipinski definition) is 6. The first kappa shape index (κ1) is 13.0. The standard InChI is InChI=1S/C6H15N7O2S/c1-13(4-2-3-7)16(14,15)8-5-6-9-11-12-10-6/h8H,2-5,7H2,1H3,(H,9,10,11,12). The van der Waals surface area contributed by atoms with Crippen LogP contribution in [0.1, 0.15) is 12.2 Å². The fraction of sp³-hybridized carbons (Fsp3) is 0.833. The largest absolute Gasteiger partial charge is 0.330 e.